The Hall–Kier alpha value is -0.930. The van der Waals surface area contributed by atoms with E-state index in [2.05, 4.69) is 12.6 Å². The molecule has 7 nitrogen and oxygen atoms in total. The number of carbonyl (C=O) groups excluding carboxylic acids is 3. The van der Waals surface area contributed by atoms with Crippen molar-refractivity contribution >= 4 is 42.3 Å². The molecular weight excluding hydrogens is 392 g/mol. The van der Waals surface area contributed by atoms with Gasteiger partial charge in [0.05, 0.1) is 32.0 Å². The number of esters is 3. The SMILES string of the molecule is CC1CC(COC(=O)CCSCCC(=O)OCCOC(=O)CCS)CCO1. The fourth-order valence-corrected chi connectivity index (χ4v) is 3.49. The first-order valence-corrected chi connectivity index (χ1v) is 11.1. The first kappa shape index (κ1) is 24.1. The molecule has 1 aliphatic rings. The maximum absolute atomic E-state index is 11.7. The molecule has 0 saturated carbocycles. The van der Waals surface area contributed by atoms with Crippen molar-refractivity contribution < 1.29 is 33.3 Å². The van der Waals surface area contributed by atoms with Crippen LogP contribution in [0.15, 0.2) is 0 Å². The van der Waals surface area contributed by atoms with Crippen molar-refractivity contribution in [1.29, 1.82) is 0 Å². The summed E-state index contributed by atoms with van der Waals surface area (Å²) < 4.78 is 20.6. The van der Waals surface area contributed by atoms with Crippen LogP contribution in [0.5, 0.6) is 0 Å². The summed E-state index contributed by atoms with van der Waals surface area (Å²) in [5.74, 6) is 1.10. The van der Waals surface area contributed by atoms with Crippen LogP contribution in [-0.4, -0.2) is 67.7 Å². The Balaban J connectivity index is 1.93. The number of ether oxygens (including phenoxy) is 4. The molecule has 0 amide bonds. The summed E-state index contributed by atoms with van der Waals surface area (Å²) in [5.41, 5.74) is 0. The molecule has 0 N–H and O–H groups in total. The molecule has 9 heteroatoms. The number of hydrogen-bond donors (Lipinski definition) is 1. The maximum atomic E-state index is 11.7. The summed E-state index contributed by atoms with van der Waals surface area (Å²) in [7, 11) is 0. The molecule has 2 unspecified atom stereocenters. The zero-order chi connectivity index (χ0) is 19.9. The molecule has 0 spiro atoms. The highest BCUT2D eigenvalue weighted by atomic mass is 32.2. The van der Waals surface area contributed by atoms with Crippen molar-refractivity contribution in [3.8, 4) is 0 Å². The van der Waals surface area contributed by atoms with Crippen LogP contribution in [-0.2, 0) is 33.3 Å². The summed E-state index contributed by atoms with van der Waals surface area (Å²) in [5, 5.41) is 0. The van der Waals surface area contributed by atoms with Crippen LogP contribution in [0.4, 0.5) is 0 Å². The third-order valence-electron chi connectivity index (χ3n) is 3.90. The van der Waals surface area contributed by atoms with Crippen LogP contribution >= 0.6 is 24.4 Å². The largest absolute Gasteiger partial charge is 0.465 e. The Morgan fingerprint density at radius 3 is 2.19 bits per heavy atom. The van der Waals surface area contributed by atoms with Gasteiger partial charge in [-0.3, -0.25) is 14.4 Å². The topological polar surface area (TPSA) is 88.1 Å². The number of thiol groups is 1. The highest BCUT2D eigenvalue weighted by molar-refractivity contribution is 7.99. The third-order valence-corrected chi connectivity index (χ3v) is 5.11. The van der Waals surface area contributed by atoms with E-state index < -0.39 is 0 Å². The average Bonchev–Trinajstić information content (AvgIpc) is 2.63. The fourth-order valence-electron chi connectivity index (χ4n) is 2.49. The third kappa shape index (κ3) is 13.0. The van der Waals surface area contributed by atoms with E-state index >= 15 is 0 Å². The highest BCUT2D eigenvalue weighted by Gasteiger charge is 2.20. The lowest BCUT2D eigenvalue weighted by molar-refractivity contribution is -0.151. The predicted octanol–water partition coefficient (Wildman–Crippen LogP) is 2.26. The van der Waals surface area contributed by atoms with E-state index in [1.54, 1.807) is 0 Å². The number of carbonyl (C=O) groups is 3. The molecule has 2 atom stereocenters. The van der Waals surface area contributed by atoms with E-state index in [-0.39, 0.29) is 50.1 Å². The van der Waals surface area contributed by atoms with Gasteiger partial charge in [0.15, 0.2) is 0 Å². The molecule has 0 aromatic rings. The van der Waals surface area contributed by atoms with Crippen molar-refractivity contribution in [3.63, 3.8) is 0 Å². The van der Waals surface area contributed by atoms with E-state index in [1.807, 2.05) is 6.92 Å². The number of hydrogen-bond acceptors (Lipinski definition) is 9. The Morgan fingerprint density at radius 1 is 1.00 bits per heavy atom. The van der Waals surface area contributed by atoms with Crippen molar-refractivity contribution in [2.45, 2.75) is 45.1 Å². The first-order chi connectivity index (χ1) is 13.0. The molecule has 27 heavy (non-hydrogen) atoms. The van der Waals surface area contributed by atoms with Crippen molar-refractivity contribution in [2.75, 3.05) is 43.7 Å². The summed E-state index contributed by atoms with van der Waals surface area (Å²) in [6.07, 6.45) is 2.92. The lowest BCUT2D eigenvalue weighted by atomic mass is 9.97. The van der Waals surface area contributed by atoms with Gasteiger partial charge in [0.1, 0.15) is 13.2 Å². The molecule has 1 fully saturated rings. The van der Waals surface area contributed by atoms with Gasteiger partial charge in [0, 0.05) is 23.9 Å². The lowest BCUT2D eigenvalue weighted by Crippen LogP contribution is -2.27. The van der Waals surface area contributed by atoms with Crippen LogP contribution in [0.25, 0.3) is 0 Å². The molecule has 0 aromatic heterocycles. The van der Waals surface area contributed by atoms with Gasteiger partial charge in [-0.2, -0.15) is 24.4 Å². The maximum Gasteiger partial charge on any atom is 0.306 e. The average molecular weight is 423 g/mol. The fraction of sp³-hybridized carbons (Fsp3) is 0.833. The predicted molar refractivity (Wildman–Crippen MR) is 106 cm³/mol. The van der Waals surface area contributed by atoms with Crippen LogP contribution in [0.3, 0.4) is 0 Å². The second-order valence-electron chi connectivity index (χ2n) is 6.28. The zero-order valence-electron chi connectivity index (χ0n) is 15.9. The number of thioether (sulfide) groups is 1. The van der Waals surface area contributed by atoms with E-state index in [0.29, 0.717) is 36.2 Å². The molecule has 1 aliphatic heterocycles. The Morgan fingerprint density at radius 2 is 1.59 bits per heavy atom. The second kappa shape index (κ2) is 15.0. The molecule has 1 heterocycles. The van der Waals surface area contributed by atoms with Crippen LogP contribution < -0.4 is 0 Å². The van der Waals surface area contributed by atoms with Crippen LogP contribution in [0, 0.1) is 5.92 Å². The molecule has 1 saturated heterocycles. The highest BCUT2D eigenvalue weighted by Crippen LogP contribution is 2.20. The van der Waals surface area contributed by atoms with Gasteiger partial charge in [-0.05, 0) is 25.7 Å². The minimum Gasteiger partial charge on any atom is -0.465 e. The van der Waals surface area contributed by atoms with Gasteiger partial charge < -0.3 is 18.9 Å². The standard InChI is InChI=1S/C18H30O7S2/c1-14-12-15(2-6-22-14)13-25-18(21)5-11-27-10-4-17(20)24-8-7-23-16(19)3-9-26/h14-15,26H,2-13H2,1H3. The molecule has 0 aromatic carbocycles. The zero-order valence-corrected chi connectivity index (χ0v) is 17.6. The van der Waals surface area contributed by atoms with Crippen molar-refractivity contribution in [3.05, 3.63) is 0 Å². The molecule has 0 bridgehead atoms. The second-order valence-corrected chi connectivity index (χ2v) is 7.95. The van der Waals surface area contributed by atoms with Gasteiger partial charge in [0.2, 0.25) is 0 Å². The van der Waals surface area contributed by atoms with Gasteiger partial charge >= 0.3 is 17.9 Å². The molecule has 0 aliphatic carbocycles. The summed E-state index contributed by atoms with van der Waals surface area (Å²) in [6.45, 7) is 3.34. The van der Waals surface area contributed by atoms with E-state index in [4.69, 9.17) is 18.9 Å². The van der Waals surface area contributed by atoms with E-state index in [9.17, 15) is 14.4 Å². The minimum atomic E-state index is -0.352. The van der Waals surface area contributed by atoms with Crippen molar-refractivity contribution in [2.24, 2.45) is 5.92 Å². The van der Waals surface area contributed by atoms with Crippen LogP contribution in [0.1, 0.15) is 39.0 Å². The van der Waals surface area contributed by atoms with Gasteiger partial charge in [0.25, 0.3) is 0 Å². The van der Waals surface area contributed by atoms with E-state index in [1.165, 1.54) is 11.8 Å². The minimum absolute atomic E-state index is 0.0545. The summed E-state index contributed by atoms with van der Waals surface area (Å²) in [6, 6.07) is 0. The molecule has 1 rings (SSSR count). The Labute approximate surface area is 170 Å². The Kier molecular flexibility index (Phi) is 13.4. The first-order valence-electron chi connectivity index (χ1n) is 9.28. The van der Waals surface area contributed by atoms with Gasteiger partial charge in [-0.15, -0.1) is 0 Å². The van der Waals surface area contributed by atoms with E-state index in [0.717, 1.165) is 19.4 Å². The molecule has 156 valence electrons. The smallest absolute Gasteiger partial charge is 0.306 e. The monoisotopic (exact) mass is 422 g/mol. The quantitative estimate of drug-likeness (QED) is 0.209. The van der Waals surface area contributed by atoms with Gasteiger partial charge in [-0.25, -0.2) is 0 Å². The molecular formula is C18H30O7S2. The summed E-state index contributed by atoms with van der Waals surface area (Å²) in [4.78, 5) is 34.3. The number of rotatable bonds is 13. The summed E-state index contributed by atoms with van der Waals surface area (Å²) >= 11 is 5.43. The van der Waals surface area contributed by atoms with Gasteiger partial charge in [-0.1, -0.05) is 0 Å². The van der Waals surface area contributed by atoms with Crippen LogP contribution in [0.2, 0.25) is 0 Å². The Bertz CT molecular complexity index is 459. The van der Waals surface area contributed by atoms with Crippen molar-refractivity contribution in [1.82, 2.24) is 0 Å². The lowest BCUT2D eigenvalue weighted by Gasteiger charge is -2.26. The normalized spacial score (nSPS) is 19.3. The molecule has 0 radical (unpaired) electrons.